The second-order valence-corrected chi connectivity index (χ2v) is 4.18. The van der Waals surface area contributed by atoms with E-state index in [2.05, 4.69) is 10.6 Å². The van der Waals surface area contributed by atoms with Crippen molar-refractivity contribution in [2.75, 3.05) is 46.9 Å². The lowest BCUT2D eigenvalue weighted by atomic mass is 10.1. The van der Waals surface area contributed by atoms with Gasteiger partial charge in [0.2, 0.25) is 0 Å². The molecule has 0 aliphatic carbocycles. The van der Waals surface area contributed by atoms with Crippen molar-refractivity contribution in [2.24, 2.45) is 5.92 Å². The molecule has 5 nitrogen and oxygen atoms in total. The van der Waals surface area contributed by atoms with Gasteiger partial charge < -0.3 is 20.3 Å². The van der Waals surface area contributed by atoms with E-state index in [1.807, 2.05) is 19.0 Å². The van der Waals surface area contributed by atoms with E-state index < -0.39 is 0 Å². The van der Waals surface area contributed by atoms with Gasteiger partial charge in [0, 0.05) is 13.1 Å². The van der Waals surface area contributed by atoms with Crippen molar-refractivity contribution in [3.63, 3.8) is 0 Å². The van der Waals surface area contributed by atoms with Crippen LogP contribution in [0.15, 0.2) is 0 Å². The van der Waals surface area contributed by atoms with Crippen LogP contribution in [0.4, 0.5) is 4.79 Å². The van der Waals surface area contributed by atoms with Gasteiger partial charge in [-0.1, -0.05) is 0 Å². The molecule has 2 N–H and O–H groups in total. The summed E-state index contributed by atoms with van der Waals surface area (Å²) in [7, 11) is 3.90. The molecule has 1 aliphatic rings. The van der Waals surface area contributed by atoms with Gasteiger partial charge in [0.15, 0.2) is 0 Å². The van der Waals surface area contributed by atoms with Gasteiger partial charge in [0.05, 0.1) is 0 Å². The van der Waals surface area contributed by atoms with Gasteiger partial charge in [-0.25, -0.2) is 4.79 Å². The number of carbonyl (C=O) groups is 1. The molecular formula is C10H21N3O2. The Hall–Kier alpha value is -0.810. The largest absolute Gasteiger partial charge is 0.448 e. The molecule has 1 saturated heterocycles. The summed E-state index contributed by atoms with van der Waals surface area (Å²) in [6.07, 6.45) is 0.835. The van der Waals surface area contributed by atoms with Crippen LogP contribution in [-0.4, -0.2) is 57.9 Å². The van der Waals surface area contributed by atoms with Crippen molar-refractivity contribution >= 4 is 6.09 Å². The number of ether oxygens (including phenoxy) is 1. The lowest BCUT2D eigenvalue weighted by Crippen LogP contribution is -2.32. The second-order valence-electron chi connectivity index (χ2n) is 4.18. The Labute approximate surface area is 91.2 Å². The molecule has 15 heavy (non-hydrogen) atoms. The molecule has 1 rings (SSSR count). The van der Waals surface area contributed by atoms with E-state index in [-0.39, 0.29) is 6.09 Å². The van der Waals surface area contributed by atoms with Crippen LogP contribution in [0.1, 0.15) is 6.42 Å². The summed E-state index contributed by atoms with van der Waals surface area (Å²) in [5, 5.41) is 6.03. The molecular weight excluding hydrogens is 194 g/mol. The molecule has 1 fully saturated rings. The molecule has 5 heteroatoms. The molecule has 0 aromatic carbocycles. The van der Waals surface area contributed by atoms with Crippen molar-refractivity contribution in [3.8, 4) is 0 Å². The number of likely N-dealkylation sites (N-methyl/N-ethyl adjacent to an activating group) is 1. The molecule has 1 atom stereocenters. The van der Waals surface area contributed by atoms with Crippen molar-refractivity contribution in [1.29, 1.82) is 0 Å². The van der Waals surface area contributed by atoms with E-state index >= 15 is 0 Å². The van der Waals surface area contributed by atoms with Gasteiger partial charge in [-0.3, -0.25) is 0 Å². The molecule has 0 spiro atoms. The van der Waals surface area contributed by atoms with E-state index in [4.69, 9.17) is 4.74 Å². The molecule has 88 valence electrons. The van der Waals surface area contributed by atoms with Crippen LogP contribution in [-0.2, 0) is 4.74 Å². The quantitative estimate of drug-likeness (QED) is 0.671. The third kappa shape index (κ3) is 5.59. The minimum absolute atomic E-state index is 0.302. The monoisotopic (exact) mass is 215 g/mol. The van der Waals surface area contributed by atoms with E-state index in [9.17, 15) is 4.79 Å². The van der Waals surface area contributed by atoms with Crippen LogP contribution in [0.3, 0.4) is 0 Å². The first-order valence-electron chi connectivity index (χ1n) is 5.44. The SMILES string of the molecule is CN(C)CCOC(=O)NCC1CCNC1. The normalized spacial score (nSPS) is 20.6. The third-order valence-electron chi connectivity index (χ3n) is 2.47. The van der Waals surface area contributed by atoms with Crippen molar-refractivity contribution < 1.29 is 9.53 Å². The summed E-state index contributed by atoms with van der Waals surface area (Å²) in [5.74, 6) is 0.561. The van der Waals surface area contributed by atoms with Gasteiger partial charge >= 0.3 is 6.09 Å². The minimum atomic E-state index is -0.302. The third-order valence-corrected chi connectivity index (χ3v) is 2.47. The Morgan fingerprint density at radius 1 is 1.60 bits per heavy atom. The summed E-state index contributed by atoms with van der Waals surface area (Å²) in [6.45, 7) is 3.98. The van der Waals surface area contributed by atoms with Crippen LogP contribution in [0.2, 0.25) is 0 Å². The molecule has 1 heterocycles. The first kappa shape index (κ1) is 12.3. The lowest BCUT2D eigenvalue weighted by Gasteiger charge is -2.12. The van der Waals surface area contributed by atoms with Crippen LogP contribution in [0.25, 0.3) is 0 Å². The molecule has 1 aliphatic heterocycles. The molecule has 0 saturated carbocycles. The number of rotatable bonds is 5. The minimum Gasteiger partial charge on any atom is -0.448 e. The summed E-state index contributed by atoms with van der Waals surface area (Å²) >= 11 is 0. The average molecular weight is 215 g/mol. The van der Waals surface area contributed by atoms with Crippen LogP contribution >= 0.6 is 0 Å². The number of nitrogens with one attached hydrogen (secondary N) is 2. The summed E-state index contributed by atoms with van der Waals surface area (Å²) in [5.41, 5.74) is 0. The molecule has 0 aromatic heterocycles. The van der Waals surface area contributed by atoms with Gasteiger partial charge in [0.1, 0.15) is 6.61 Å². The van der Waals surface area contributed by atoms with Gasteiger partial charge in [0.25, 0.3) is 0 Å². The zero-order valence-electron chi connectivity index (χ0n) is 9.58. The first-order valence-corrected chi connectivity index (χ1v) is 5.44. The maximum Gasteiger partial charge on any atom is 0.407 e. The molecule has 0 bridgehead atoms. The zero-order chi connectivity index (χ0) is 11.1. The van der Waals surface area contributed by atoms with Gasteiger partial charge in [-0.2, -0.15) is 0 Å². The Bertz CT molecular complexity index is 191. The highest BCUT2D eigenvalue weighted by Crippen LogP contribution is 2.04. The van der Waals surface area contributed by atoms with E-state index in [0.29, 0.717) is 19.1 Å². The van der Waals surface area contributed by atoms with E-state index in [1.54, 1.807) is 0 Å². The fourth-order valence-electron chi connectivity index (χ4n) is 1.49. The Morgan fingerprint density at radius 2 is 2.40 bits per heavy atom. The number of hydrogen-bond acceptors (Lipinski definition) is 4. The Kier molecular flexibility index (Phi) is 5.42. The molecule has 1 amide bonds. The number of carbonyl (C=O) groups excluding carboxylic acids is 1. The fraction of sp³-hybridized carbons (Fsp3) is 0.900. The highest BCUT2D eigenvalue weighted by molar-refractivity contribution is 5.67. The Balaban J connectivity index is 1.98. The predicted molar refractivity (Wildman–Crippen MR) is 58.9 cm³/mol. The van der Waals surface area contributed by atoms with Crippen LogP contribution in [0, 0.1) is 5.92 Å². The molecule has 1 unspecified atom stereocenters. The summed E-state index contributed by atoms with van der Waals surface area (Å²) in [6, 6.07) is 0. The Morgan fingerprint density at radius 3 is 3.00 bits per heavy atom. The first-order chi connectivity index (χ1) is 7.18. The van der Waals surface area contributed by atoms with Crippen LogP contribution < -0.4 is 10.6 Å². The van der Waals surface area contributed by atoms with Crippen molar-refractivity contribution in [3.05, 3.63) is 0 Å². The zero-order valence-corrected chi connectivity index (χ0v) is 9.58. The average Bonchev–Trinajstić information content (AvgIpc) is 2.66. The maximum absolute atomic E-state index is 11.2. The standard InChI is InChI=1S/C10H21N3O2/c1-13(2)5-6-15-10(14)12-8-9-3-4-11-7-9/h9,11H,3-8H2,1-2H3,(H,12,14). The highest BCUT2D eigenvalue weighted by Gasteiger charge is 2.15. The predicted octanol–water partition coefficient (Wildman–Crippen LogP) is -0.116. The smallest absolute Gasteiger partial charge is 0.407 e. The number of alkyl carbamates (subject to hydrolysis) is 1. The summed E-state index contributed by atoms with van der Waals surface area (Å²) in [4.78, 5) is 13.2. The number of amides is 1. The van der Waals surface area contributed by atoms with Crippen LogP contribution in [0.5, 0.6) is 0 Å². The number of hydrogen-bond donors (Lipinski definition) is 2. The van der Waals surface area contributed by atoms with Gasteiger partial charge in [-0.05, 0) is 39.5 Å². The van der Waals surface area contributed by atoms with Crippen molar-refractivity contribution in [2.45, 2.75) is 6.42 Å². The van der Waals surface area contributed by atoms with Gasteiger partial charge in [-0.15, -0.1) is 0 Å². The topological polar surface area (TPSA) is 53.6 Å². The molecule has 0 radical (unpaired) electrons. The maximum atomic E-state index is 11.2. The number of nitrogens with zero attached hydrogens (tertiary/aromatic N) is 1. The van der Waals surface area contributed by atoms with E-state index in [1.165, 1.54) is 0 Å². The lowest BCUT2D eigenvalue weighted by molar-refractivity contribution is 0.135. The van der Waals surface area contributed by atoms with Crippen molar-refractivity contribution in [1.82, 2.24) is 15.5 Å². The molecule has 0 aromatic rings. The van der Waals surface area contributed by atoms with E-state index in [0.717, 1.165) is 26.1 Å². The second kappa shape index (κ2) is 6.63. The highest BCUT2D eigenvalue weighted by atomic mass is 16.5. The fourth-order valence-corrected chi connectivity index (χ4v) is 1.49. The summed E-state index contributed by atoms with van der Waals surface area (Å²) < 4.78 is 5.00.